The Kier molecular flexibility index (Phi) is 3.38. The van der Waals surface area contributed by atoms with Crippen molar-refractivity contribution in [3.8, 4) is 0 Å². The van der Waals surface area contributed by atoms with Crippen molar-refractivity contribution in [1.82, 2.24) is 4.90 Å². The van der Waals surface area contributed by atoms with Gasteiger partial charge in [0.15, 0.2) is 0 Å². The van der Waals surface area contributed by atoms with Crippen LogP contribution >= 0.6 is 0 Å². The third-order valence-electron chi connectivity index (χ3n) is 2.70. The Morgan fingerprint density at radius 3 is 2.35 bits per heavy atom. The molecule has 0 aliphatic carbocycles. The molecule has 2 atom stereocenters. The van der Waals surface area contributed by atoms with Crippen LogP contribution in [-0.2, 0) is 9.53 Å². The van der Waals surface area contributed by atoms with Crippen molar-refractivity contribution in [3.63, 3.8) is 0 Å². The van der Waals surface area contributed by atoms with Crippen molar-refractivity contribution in [2.45, 2.75) is 51.4 Å². The maximum Gasteiger partial charge on any atom is 0.411 e. The summed E-state index contributed by atoms with van der Waals surface area (Å²) in [5.74, 6) is -1.14. The molecule has 0 radical (unpaired) electrons. The Balaban J connectivity index is 2.88. The molecule has 1 saturated heterocycles. The molecule has 0 aromatic carbocycles. The highest BCUT2D eigenvalue weighted by molar-refractivity contribution is 5.85. The van der Waals surface area contributed by atoms with Gasteiger partial charge in [-0.1, -0.05) is 0 Å². The molecule has 6 nitrogen and oxygen atoms in total. The Bertz CT molecular complexity index is 335. The highest BCUT2D eigenvalue weighted by Crippen LogP contribution is 2.31. The summed E-state index contributed by atoms with van der Waals surface area (Å²) in [6.45, 7) is 6.51. The van der Waals surface area contributed by atoms with E-state index in [-0.39, 0.29) is 13.0 Å². The van der Waals surface area contributed by atoms with Gasteiger partial charge in [-0.2, -0.15) is 0 Å². The predicted molar refractivity (Wildman–Crippen MR) is 59.6 cm³/mol. The van der Waals surface area contributed by atoms with Crippen LogP contribution in [0.2, 0.25) is 0 Å². The van der Waals surface area contributed by atoms with E-state index in [9.17, 15) is 14.7 Å². The minimum Gasteiger partial charge on any atom is -0.480 e. The summed E-state index contributed by atoms with van der Waals surface area (Å²) >= 11 is 0. The van der Waals surface area contributed by atoms with Crippen molar-refractivity contribution in [3.05, 3.63) is 0 Å². The van der Waals surface area contributed by atoms with E-state index in [1.807, 2.05) is 0 Å². The second kappa shape index (κ2) is 4.18. The highest BCUT2D eigenvalue weighted by Gasteiger charge is 2.51. The van der Waals surface area contributed by atoms with Crippen LogP contribution in [0.25, 0.3) is 0 Å². The monoisotopic (exact) mass is 245 g/mol. The van der Waals surface area contributed by atoms with Crippen LogP contribution in [0.5, 0.6) is 0 Å². The number of aliphatic hydroxyl groups is 1. The van der Waals surface area contributed by atoms with E-state index in [0.717, 1.165) is 4.90 Å². The van der Waals surface area contributed by atoms with Crippen LogP contribution in [0.3, 0.4) is 0 Å². The zero-order valence-corrected chi connectivity index (χ0v) is 10.6. The number of amides is 1. The fraction of sp³-hybridized carbons (Fsp3) is 0.818. The number of rotatable bonds is 1. The number of carbonyl (C=O) groups is 2. The van der Waals surface area contributed by atoms with Crippen molar-refractivity contribution in [1.29, 1.82) is 0 Å². The van der Waals surface area contributed by atoms with Gasteiger partial charge in [0.25, 0.3) is 0 Å². The number of carbonyl (C=O) groups excluding carboxylic acids is 1. The molecule has 98 valence electrons. The molecule has 1 amide bonds. The second-order valence-electron chi connectivity index (χ2n) is 5.53. The molecule has 17 heavy (non-hydrogen) atoms. The normalized spacial score (nSPS) is 29.2. The summed E-state index contributed by atoms with van der Waals surface area (Å²) in [7, 11) is 0. The number of aliphatic hydroxyl groups excluding tert-OH is 1. The van der Waals surface area contributed by atoms with Gasteiger partial charge < -0.3 is 14.9 Å². The first-order valence-electron chi connectivity index (χ1n) is 5.48. The molecule has 0 spiro atoms. The number of hydrogen-bond donors (Lipinski definition) is 2. The number of likely N-dealkylation sites (tertiary alicyclic amines) is 1. The van der Waals surface area contributed by atoms with Gasteiger partial charge in [0.2, 0.25) is 0 Å². The van der Waals surface area contributed by atoms with Crippen LogP contribution in [0.15, 0.2) is 0 Å². The molecule has 1 rings (SSSR count). The lowest BCUT2D eigenvalue weighted by molar-refractivity contribution is -0.148. The van der Waals surface area contributed by atoms with Crippen LogP contribution in [0.4, 0.5) is 4.79 Å². The van der Waals surface area contributed by atoms with Crippen molar-refractivity contribution in [2.24, 2.45) is 0 Å². The molecule has 0 aromatic heterocycles. The fourth-order valence-corrected chi connectivity index (χ4v) is 1.84. The molecule has 1 aliphatic rings. The molecule has 0 bridgehead atoms. The molecule has 2 N–H and O–H groups in total. The van der Waals surface area contributed by atoms with Crippen molar-refractivity contribution >= 4 is 12.1 Å². The van der Waals surface area contributed by atoms with Gasteiger partial charge in [0, 0.05) is 6.42 Å². The zero-order valence-electron chi connectivity index (χ0n) is 10.6. The molecule has 6 heteroatoms. The maximum atomic E-state index is 11.9. The fourth-order valence-electron chi connectivity index (χ4n) is 1.84. The standard InChI is InChI=1S/C11H19NO5/c1-10(2,3)17-9(16)12-6-7(13)5-11(12,4)8(14)15/h7,13H,5-6H2,1-4H3,(H,14,15)/t7-,11+/m0/s1. The van der Waals surface area contributed by atoms with Crippen molar-refractivity contribution in [2.75, 3.05) is 6.54 Å². The largest absolute Gasteiger partial charge is 0.480 e. The smallest absolute Gasteiger partial charge is 0.411 e. The van der Waals surface area contributed by atoms with E-state index in [1.54, 1.807) is 20.8 Å². The van der Waals surface area contributed by atoms with E-state index < -0.39 is 29.3 Å². The van der Waals surface area contributed by atoms with Crippen molar-refractivity contribution < 1.29 is 24.5 Å². The van der Waals surface area contributed by atoms with Gasteiger partial charge in [-0.15, -0.1) is 0 Å². The summed E-state index contributed by atoms with van der Waals surface area (Å²) in [5, 5.41) is 18.7. The Morgan fingerprint density at radius 2 is 1.94 bits per heavy atom. The molecular formula is C11H19NO5. The van der Waals surface area contributed by atoms with Gasteiger partial charge >= 0.3 is 12.1 Å². The van der Waals surface area contributed by atoms with E-state index >= 15 is 0 Å². The molecule has 1 aliphatic heterocycles. The number of carboxylic acid groups (broad SMARTS) is 1. The topological polar surface area (TPSA) is 87.1 Å². The average Bonchev–Trinajstić information content (AvgIpc) is 2.40. The van der Waals surface area contributed by atoms with Crippen LogP contribution in [0, 0.1) is 0 Å². The average molecular weight is 245 g/mol. The van der Waals surface area contributed by atoms with E-state index in [0.29, 0.717) is 0 Å². The van der Waals surface area contributed by atoms with Gasteiger partial charge in [-0.3, -0.25) is 4.90 Å². The second-order valence-corrected chi connectivity index (χ2v) is 5.53. The summed E-state index contributed by atoms with van der Waals surface area (Å²) in [6, 6.07) is 0. The SMILES string of the molecule is CC(C)(C)OC(=O)N1C[C@@H](O)C[C@]1(C)C(=O)O. The predicted octanol–water partition coefficient (Wildman–Crippen LogP) is 0.831. The number of aliphatic carboxylic acids is 1. The van der Waals surface area contributed by atoms with Gasteiger partial charge in [-0.05, 0) is 27.7 Å². The van der Waals surface area contributed by atoms with Crippen LogP contribution in [-0.4, -0.2) is 51.0 Å². The number of carboxylic acids is 1. The third-order valence-corrected chi connectivity index (χ3v) is 2.70. The lowest BCUT2D eigenvalue weighted by Crippen LogP contribution is -2.52. The summed E-state index contributed by atoms with van der Waals surface area (Å²) in [6.07, 6.45) is -1.52. The van der Waals surface area contributed by atoms with E-state index in [4.69, 9.17) is 9.84 Å². The highest BCUT2D eigenvalue weighted by atomic mass is 16.6. The summed E-state index contributed by atoms with van der Waals surface area (Å²) in [4.78, 5) is 24.1. The first kappa shape index (κ1) is 13.8. The molecule has 0 unspecified atom stereocenters. The molecule has 1 heterocycles. The van der Waals surface area contributed by atoms with Gasteiger partial charge in [0.1, 0.15) is 11.1 Å². The van der Waals surface area contributed by atoms with E-state index in [1.165, 1.54) is 6.92 Å². The van der Waals surface area contributed by atoms with Gasteiger partial charge in [0.05, 0.1) is 12.6 Å². The van der Waals surface area contributed by atoms with E-state index in [2.05, 4.69) is 0 Å². The lowest BCUT2D eigenvalue weighted by Gasteiger charge is -2.32. The third kappa shape index (κ3) is 2.88. The number of β-amino-alcohol motifs (C(OH)–C–C–N with tert-alkyl or cyclic N) is 1. The van der Waals surface area contributed by atoms with Crippen LogP contribution in [0.1, 0.15) is 34.1 Å². The zero-order chi connectivity index (χ0) is 13.4. The lowest BCUT2D eigenvalue weighted by atomic mass is 9.99. The first-order valence-corrected chi connectivity index (χ1v) is 5.48. The Labute approximate surface area is 100 Å². The Morgan fingerprint density at radius 1 is 1.41 bits per heavy atom. The number of ether oxygens (including phenoxy) is 1. The number of nitrogens with zero attached hydrogens (tertiary/aromatic N) is 1. The van der Waals surface area contributed by atoms with Gasteiger partial charge in [-0.25, -0.2) is 9.59 Å². The maximum absolute atomic E-state index is 11.9. The molecular weight excluding hydrogens is 226 g/mol. The first-order chi connectivity index (χ1) is 7.56. The quantitative estimate of drug-likeness (QED) is 0.714. The summed E-state index contributed by atoms with van der Waals surface area (Å²) in [5.41, 5.74) is -2.09. The Hall–Kier alpha value is -1.30. The molecule has 0 aromatic rings. The minimum atomic E-state index is -1.40. The minimum absolute atomic E-state index is 0.0155. The molecule has 1 fully saturated rings. The number of hydrogen-bond acceptors (Lipinski definition) is 4. The summed E-state index contributed by atoms with van der Waals surface area (Å²) < 4.78 is 5.13. The van der Waals surface area contributed by atoms with Crippen LogP contribution < -0.4 is 0 Å². The molecule has 0 saturated carbocycles.